The van der Waals surface area contributed by atoms with Crippen LogP contribution in [0.4, 0.5) is 11.4 Å². The zero-order valence-electron chi connectivity index (χ0n) is 19.6. The second-order valence-electron chi connectivity index (χ2n) is 9.12. The van der Waals surface area contributed by atoms with Gasteiger partial charge in [0.15, 0.2) is 6.10 Å². The van der Waals surface area contributed by atoms with Crippen molar-refractivity contribution in [2.24, 2.45) is 0 Å². The van der Waals surface area contributed by atoms with Crippen molar-refractivity contribution in [3.63, 3.8) is 0 Å². The predicted molar refractivity (Wildman–Crippen MR) is 129 cm³/mol. The number of nitrogens with one attached hydrogen (secondary N) is 2. The third-order valence-corrected chi connectivity index (χ3v) is 6.50. The number of fused-ring (bicyclic) bond motifs is 1. The first-order chi connectivity index (χ1) is 15.4. The van der Waals surface area contributed by atoms with Gasteiger partial charge in [-0.05, 0) is 41.7 Å². The minimum absolute atomic E-state index is 0.171. The van der Waals surface area contributed by atoms with Crippen LogP contribution in [0.25, 0.3) is 0 Å². The quantitative estimate of drug-likeness (QED) is 0.670. The number of benzene rings is 2. The molecule has 9 heteroatoms. The van der Waals surface area contributed by atoms with Gasteiger partial charge in [-0.1, -0.05) is 45.9 Å². The van der Waals surface area contributed by atoms with Gasteiger partial charge in [-0.3, -0.25) is 13.9 Å². The number of hydrogen-bond donors (Lipinski definition) is 2. The molecule has 1 aliphatic heterocycles. The largest absolute Gasteiger partial charge is 0.476 e. The monoisotopic (exact) mass is 473 g/mol. The summed E-state index contributed by atoms with van der Waals surface area (Å²) in [5.41, 5.74) is 1.83. The summed E-state index contributed by atoms with van der Waals surface area (Å²) in [6, 6.07) is 12.0. The number of para-hydroxylation sites is 1. The standard InChI is InChI=1S/C24H31N3O5S/c1-6-13-25-22(28)17-9-7-8-10-18(17)26-23(29)21-15-27(33(5,30)31)19-14-16(24(2,3)4)11-12-20(19)32-21/h7-12,14,21H,6,13,15H2,1-5H3,(H,25,28)(H,26,29). The smallest absolute Gasteiger partial charge is 0.267 e. The van der Waals surface area contributed by atoms with Crippen molar-refractivity contribution >= 4 is 33.2 Å². The molecule has 0 aromatic heterocycles. The molecule has 1 atom stereocenters. The van der Waals surface area contributed by atoms with Gasteiger partial charge in [0.05, 0.1) is 29.7 Å². The summed E-state index contributed by atoms with van der Waals surface area (Å²) in [7, 11) is -3.66. The van der Waals surface area contributed by atoms with Crippen molar-refractivity contribution in [1.82, 2.24) is 5.32 Å². The zero-order chi connectivity index (χ0) is 24.4. The first kappa shape index (κ1) is 24.6. The van der Waals surface area contributed by atoms with Gasteiger partial charge in [-0.2, -0.15) is 0 Å². The lowest BCUT2D eigenvalue weighted by molar-refractivity contribution is -0.122. The van der Waals surface area contributed by atoms with Gasteiger partial charge in [0.1, 0.15) is 5.75 Å². The Morgan fingerprint density at radius 1 is 1.15 bits per heavy atom. The highest BCUT2D eigenvalue weighted by atomic mass is 32.2. The Bertz CT molecular complexity index is 1150. The first-order valence-electron chi connectivity index (χ1n) is 10.9. The molecule has 2 aromatic carbocycles. The molecule has 178 valence electrons. The van der Waals surface area contributed by atoms with Gasteiger partial charge >= 0.3 is 0 Å². The van der Waals surface area contributed by atoms with Crippen LogP contribution < -0.4 is 19.7 Å². The minimum atomic E-state index is -3.66. The summed E-state index contributed by atoms with van der Waals surface area (Å²) in [5.74, 6) is -0.520. The van der Waals surface area contributed by atoms with Crippen molar-refractivity contribution in [2.45, 2.75) is 45.6 Å². The number of anilines is 2. The minimum Gasteiger partial charge on any atom is -0.476 e. The average Bonchev–Trinajstić information content (AvgIpc) is 2.75. The van der Waals surface area contributed by atoms with E-state index < -0.39 is 22.0 Å². The molecule has 0 fully saturated rings. The van der Waals surface area contributed by atoms with E-state index in [1.807, 2.05) is 33.8 Å². The van der Waals surface area contributed by atoms with Crippen molar-refractivity contribution in [1.29, 1.82) is 0 Å². The van der Waals surface area contributed by atoms with Crippen LogP contribution in [0.15, 0.2) is 42.5 Å². The van der Waals surface area contributed by atoms with Crippen molar-refractivity contribution in [2.75, 3.05) is 29.0 Å². The Morgan fingerprint density at radius 3 is 2.48 bits per heavy atom. The van der Waals surface area contributed by atoms with Gasteiger partial charge in [-0.15, -0.1) is 0 Å². The van der Waals surface area contributed by atoms with E-state index in [-0.39, 0.29) is 17.9 Å². The van der Waals surface area contributed by atoms with Crippen molar-refractivity contribution in [3.8, 4) is 5.75 Å². The molecule has 8 nitrogen and oxygen atoms in total. The molecule has 0 aliphatic carbocycles. The predicted octanol–water partition coefficient (Wildman–Crippen LogP) is 3.29. The number of hydrogen-bond acceptors (Lipinski definition) is 5. The number of amides is 2. The van der Waals surface area contributed by atoms with Gasteiger partial charge < -0.3 is 15.4 Å². The van der Waals surface area contributed by atoms with Crippen LogP contribution in [-0.4, -0.2) is 45.7 Å². The second-order valence-corrected chi connectivity index (χ2v) is 11.0. The van der Waals surface area contributed by atoms with Crippen LogP contribution in [0.2, 0.25) is 0 Å². The highest BCUT2D eigenvalue weighted by Crippen LogP contribution is 2.38. The maximum Gasteiger partial charge on any atom is 0.267 e. The van der Waals surface area contributed by atoms with Crippen molar-refractivity contribution in [3.05, 3.63) is 53.6 Å². The van der Waals surface area contributed by atoms with Crippen LogP contribution in [0, 0.1) is 0 Å². The molecule has 3 rings (SSSR count). The van der Waals surface area contributed by atoms with Crippen LogP contribution in [0.1, 0.15) is 50.0 Å². The molecule has 2 amide bonds. The van der Waals surface area contributed by atoms with E-state index in [2.05, 4.69) is 10.6 Å². The van der Waals surface area contributed by atoms with Gasteiger partial charge in [0.25, 0.3) is 11.8 Å². The lowest BCUT2D eigenvalue weighted by atomic mass is 9.86. The molecule has 0 saturated heterocycles. The number of ether oxygens (including phenoxy) is 1. The number of carbonyl (C=O) groups excluding carboxylic acids is 2. The Hall–Kier alpha value is -3.07. The Kier molecular flexibility index (Phi) is 7.02. The molecular formula is C24H31N3O5S. The molecular weight excluding hydrogens is 442 g/mol. The summed E-state index contributed by atoms with van der Waals surface area (Å²) in [4.78, 5) is 25.5. The molecule has 0 saturated carbocycles. The zero-order valence-corrected chi connectivity index (χ0v) is 20.5. The Labute approximate surface area is 195 Å². The van der Waals surface area contributed by atoms with E-state index in [9.17, 15) is 18.0 Å². The Morgan fingerprint density at radius 2 is 1.85 bits per heavy atom. The maximum absolute atomic E-state index is 13.1. The second kappa shape index (κ2) is 9.43. The number of rotatable bonds is 6. The SMILES string of the molecule is CCCNC(=O)c1ccccc1NC(=O)C1CN(S(C)(=O)=O)c2cc(C(C)(C)C)ccc2O1. The Balaban J connectivity index is 1.89. The normalized spacial score (nSPS) is 15.9. The number of carbonyl (C=O) groups is 2. The van der Waals surface area contributed by atoms with E-state index >= 15 is 0 Å². The lowest BCUT2D eigenvalue weighted by Gasteiger charge is -2.35. The molecule has 2 N–H and O–H groups in total. The molecule has 0 radical (unpaired) electrons. The molecule has 1 aliphatic rings. The summed E-state index contributed by atoms with van der Waals surface area (Å²) < 4.78 is 32.2. The fourth-order valence-electron chi connectivity index (χ4n) is 3.51. The fraction of sp³-hybridized carbons (Fsp3) is 0.417. The van der Waals surface area contributed by atoms with Crippen LogP contribution >= 0.6 is 0 Å². The lowest BCUT2D eigenvalue weighted by Crippen LogP contribution is -2.48. The topological polar surface area (TPSA) is 105 Å². The average molecular weight is 474 g/mol. The van der Waals surface area contributed by atoms with E-state index in [4.69, 9.17) is 4.74 Å². The molecule has 0 spiro atoms. The maximum atomic E-state index is 13.1. The number of nitrogens with zero attached hydrogens (tertiary/aromatic N) is 1. The third-order valence-electron chi connectivity index (χ3n) is 5.35. The number of sulfonamides is 1. The summed E-state index contributed by atoms with van der Waals surface area (Å²) in [6.07, 6.45) is 0.807. The highest BCUT2D eigenvalue weighted by Gasteiger charge is 2.36. The summed E-state index contributed by atoms with van der Waals surface area (Å²) in [5, 5.41) is 5.52. The molecule has 1 unspecified atom stereocenters. The molecule has 1 heterocycles. The summed E-state index contributed by atoms with van der Waals surface area (Å²) in [6.45, 7) is 8.40. The van der Waals surface area contributed by atoms with Gasteiger partial charge in [0, 0.05) is 6.54 Å². The van der Waals surface area contributed by atoms with E-state index in [0.717, 1.165) is 18.2 Å². The van der Waals surface area contributed by atoms with Crippen LogP contribution in [-0.2, 0) is 20.2 Å². The van der Waals surface area contributed by atoms with E-state index in [1.54, 1.807) is 36.4 Å². The molecule has 0 bridgehead atoms. The van der Waals surface area contributed by atoms with Gasteiger partial charge in [0.2, 0.25) is 10.0 Å². The van der Waals surface area contributed by atoms with Crippen molar-refractivity contribution < 1.29 is 22.7 Å². The molecule has 33 heavy (non-hydrogen) atoms. The first-order valence-corrected chi connectivity index (χ1v) is 12.7. The van der Waals surface area contributed by atoms with E-state index in [1.165, 1.54) is 4.31 Å². The van der Waals surface area contributed by atoms with E-state index in [0.29, 0.717) is 29.2 Å². The molecule has 2 aromatic rings. The van der Waals surface area contributed by atoms with Crippen LogP contribution in [0.5, 0.6) is 5.75 Å². The van der Waals surface area contributed by atoms with Gasteiger partial charge in [-0.25, -0.2) is 8.42 Å². The third kappa shape index (κ3) is 5.65. The highest BCUT2D eigenvalue weighted by molar-refractivity contribution is 7.92. The van der Waals surface area contributed by atoms with Crippen LogP contribution in [0.3, 0.4) is 0 Å². The summed E-state index contributed by atoms with van der Waals surface area (Å²) >= 11 is 0. The fourth-order valence-corrected chi connectivity index (χ4v) is 4.41.